The SMILES string of the molecule is CCC(CC)[C@@H](Oc1cccc(-c2ccccc2)c1)[C@H](C)OC(=O)[C@@H](CC(=O)c1nccc(OC)c1OC(C)=O)C(C)C. The van der Waals surface area contributed by atoms with E-state index in [4.69, 9.17) is 18.9 Å². The van der Waals surface area contributed by atoms with Crippen molar-refractivity contribution < 1.29 is 33.3 Å². The molecule has 0 bridgehead atoms. The summed E-state index contributed by atoms with van der Waals surface area (Å²) in [5, 5.41) is 0. The minimum Gasteiger partial charge on any atom is -0.493 e. The van der Waals surface area contributed by atoms with Gasteiger partial charge in [-0.05, 0) is 54.9 Å². The number of hydrogen-bond acceptors (Lipinski definition) is 8. The number of rotatable bonds is 15. The molecule has 8 heteroatoms. The van der Waals surface area contributed by atoms with Crippen molar-refractivity contribution in [3.8, 4) is 28.4 Å². The zero-order valence-corrected chi connectivity index (χ0v) is 26.2. The lowest BCUT2D eigenvalue weighted by Gasteiger charge is -2.32. The number of ketones is 1. The minimum atomic E-state index is -0.753. The van der Waals surface area contributed by atoms with Crippen LogP contribution >= 0.6 is 0 Å². The van der Waals surface area contributed by atoms with Crippen LogP contribution in [-0.2, 0) is 14.3 Å². The number of esters is 2. The van der Waals surface area contributed by atoms with Crippen LogP contribution in [0.2, 0.25) is 0 Å². The summed E-state index contributed by atoms with van der Waals surface area (Å²) in [4.78, 5) is 42.8. The fourth-order valence-electron chi connectivity index (χ4n) is 5.12. The van der Waals surface area contributed by atoms with Gasteiger partial charge in [0.1, 0.15) is 18.0 Å². The molecule has 0 saturated carbocycles. The molecule has 0 fully saturated rings. The molecule has 0 spiro atoms. The Morgan fingerprint density at radius 2 is 1.56 bits per heavy atom. The van der Waals surface area contributed by atoms with Crippen molar-refractivity contribution in [1.82, 2.24) is 4.98 Å². The van der Waals surface area contributed by atoms with E-state index in [2.05, 4.69) is 18.8 Å². The molecular weight excluding hydrogens is 546 g/mol. The molecule has 8 nitrogen and oxygen atoms in total. The lowest BCUT2D eigenvalue weighted by atomic mass is 9.89. The minimum absolute atomic E-state index is 0.0633. The summed E-state index contributed by atoms with van der Waals surface area (Å²) in [6.45, 7) is 11.0. The van der Waals surface area contributed by atoms with Crippen LogP contribution in [-0.4, -0.2) is 42.0 Å². The van der Waals surface area contributed by atoms with E-state index in [1.807, 2.05) is 75.4 Å². The number of benzene rings is 2. The highest BCUT2D eigenvalue weighted by Gasteiger charge is 2.35. The van der Waals surface area contributed by atoms with Gasteiger partial charge in [-0.2, -0.15) is 0 Å². The van der Waals surface area contributed by atoms with E-state index >= 15 is 0 Å². The molecule has 0 unspecified atom stereocenters. The average Bonchev–Trinajstić information content (AvgIpc) is 3.00. The lowest BCUT2D eigenvalue weighted by Crippen LogP contribution is -2.41. The maximum Gasteiger partial charge on any atom is 0.310 e. The van der Waals surface area contributed by atoms with Crippen molar-refractivity contribution in [3.63, 3.8) is 0 Å². The molecule has 0 aliphatic rings. The van der Waals surface area contributed by atoms with Gasteiger partial charge in [0.15, 0.2) is 17.2 Å². The molecule has 3 aromatic rings. The fraction of sp³-hybridized carbons (Fsp3) is 0.429. The first-order chi connectivity index (χ1) is 20.6. The third-order valence-electron chi connectivity index (χ3n) is 7.60. The van der Waals surface area contributed by atoms with Crippen molar-refractivity contribution in [2.45, 2.75) is 73.0 Å². The number of nitrogens with zero attached hydrogens (tertiary/aromatic N) is 1. The summed E-state index contributed by atoms with van der Waals surface area (Å²) in [5.74, 6) is -1.56. The first-order valence-corrected chi connectivity index (χ1v) is 14.9. The first-order valence-electron chi connectivity index (χ1n) is 14.9. The van der Waals surface area contributed by atoms with Gasteiger partial charge in [0, 0.05) is 25.6 Å². The van der Waals surface area contributed by atoms with Gasteiger partial charge in [-0.1, -0.05) is 70.2 Å². The summed E-state index contributed by atoms with van der Waals surface area (Å²) in [6.07, 6.45) is 1.92. The third-order valence-corrected chi connectivity index (χ3v) is 7.60. The molecule has 0 saturated heterocycles. The van der Waals surface area contributed by atoms with Crippen LogP contribution in [0, 0.1) is 17.8 Å². The number of pyridine rings is 1. The first kappa shape index (κ1) is 33.3. The molecule has 0 radical (unpaired) electrons. The Morgan fingerprint density at radius 3 is 2.16 bits per heavy atom. The van der Waals surface area contributed by atoms with Crippen molar-refractivity contribution >= 4 is 17.7 Å². The number of carbonyl (C=O) groups excluding carboxylic acids is 3. The lowest BCUT2D eigenvalue weighted by molar-refractivity contribution is -0.161. The predicted molar refractivity (Wildman–Crippen MR) is 165 cm³/mol. The van der Waals surface area contributed by atoms with Gasteiger partial charge >= 0.3 is 11.9 Å². The van der Waals surface area contributed by atoms with Crippen molar-refractivity contribution in [2.75, 3.05) is 7.11 Å². The van der Waals surface area contributed by atoms with Crippen LogP contribution in [0.3, 0.4) is 0 Å². The van der Waals surface area contributed by atoms with Gasteiger partial charge in [-0.25, -0.2) is 4.98 Å². The van der Waals surface area contributed by atoms with Gasteiger partial charge in [0.2, 0.25) is 5.75 Å². The van der Waals surface area contributed by atoms with Crippen LogP contribution in [0.25, 0.3) is 11.1 Å². The van der Waals surface area contributed by atoms with Crippen LogP contribution in [0.1, 0.15) is 71.3 Å². The van der Waals surface area contributed by atoms with Crippen LogP contribution < -0.4 is 14.2 Å². The summed E-state index contributed by atoms with van der Waals surface area (Å²) in [5.41, 5.74) is 2.04. The Kier molecular flexibility index (Phi) is 12.3. The second-order valence-electron chi connectivity index (χ2n) is 11.0. The van der Waals surface area contributed by atoms with Crippen molar-refractivity contribution in [2.24, 2.45) is 17.8 Å². The van der Waals surface area contributed by atoms with Gasteiger partial charge in [0.25, 0.3) is 0 Å². The zero-order valence-electron chi connectivity index (χ0n) is 26.2. The van der Waals surface area contributed by atoms with Gasteiger partial charge in [-0.15, -0.1) is 0 Å². The van der Waals surface area contributed by atoms with E-state index < -0.39 is 35.8 Å². The highest BCUT2D eigenvalue weighted by molar-refractivity contribution is 6.00. The normalized spacial score (nSPS) is 13.2. The summed E-state index contributed by atoms with van der Waals surface area (Å²) < 4.78 is 23.1. The number of Topliss-reactive ketones (excluding diaryl/α,β-unsaturated/α-hetero) is 1. The molecule has 2 aromatic carbocycles. The van der Waals surface area contributed by atoms with E-state index in [0.29, 0.717) is 5.75 Å². The molecule has 0 aliphatic heterocycles. The van der Waals surface area contributed by atoms with Gasteiger partial charge < -0.3 is 18.9 Å². The summed E-state index contributed by atoms with van der Waals surface area (Å²) >= 11 is 0. The van der Waals surface area contributed by atoms with Crippen LogP contribution in [0.4, 0.5) is 0 Å². The van der Waals surface area contributed by atoms with Gasteiger partial charge in [-0.3, -0.25) is 14.4 Å². The Bertz CT molecular complexity index is 1370. The van der Waals surface area contributed by atoms with E-state index in [1.54, 1.807) is 0 Å². The maximum atomic E-state index is 13.6. The monoisotopic (exact) mass is 589 g/mol. The fourth-order valence-corrected chi connectivity index (χ4v) is 5.12. The Labute approximate surface area is 254 Å². The largest absolute Gasteiger partial charge is 0.493 e. The number of methoxy groups -OCH3 is 1. The standard InChI is InChI=1S/C35H43NO7/c1-8-25(9-2)33(43-28-17-13-16-27(20-28)26-14-11-10-12-15-26)23(5)41-35(39)29(22(3)4)21-30(38)32-34(42-24(6)37)31(40-7)18-19-36-32/h10-20,22-23,25,29,33H,8-9,21H2,1-7H3/t23-,29-,33-/m0/s1. The summed E-state index contributed by atoms with van der Waals surface area (Å²) in [6, 6.07) is 19.5. The molecule has 3 rings (SSSR count). The van der Waals surface area contributed by atoms with E-state index in [1.165, 1.54) is 26.3 Å². The zero-order chi connectivity index (χ0) is 31.5. The Hall–Kier alpha value is -4.20. The van der Waals surface area contributed by atoms with Crippen molar-refractivity contribution in [3.05, 3.63) is 72.6 Å². The van der Waals surface area contributed by atoms with E-state index in [0.717, 1.165) is 24.0 Å². The second kappa shape index (κ2) is 15.9. The molecule has 230 valence electrons. The second-order valence-corrected chi connectivity index (χ2v) is 11.0. The number of aromatic nitrogens is 1. The predicted octanol–water partition coefficient (Wildman–Crippen LogP) is 7.34. The molecule has 0 aliphatic carbocycles. The highest BCUT2D eigenvalue weighted by Crippen LogP contribution is 2.33. The quantitative estimate of drug-likeness (QED) is 0.134. The third kappa shape index (κ3) is 8.89. The van der Waals surface area contributed by atoms with E-state index in [-0.39, 0.29) is 35.4 Å². The molecular formula is C35H43NO7. The summed E-state index contributed by atoms with van der Waals surface area (Å²) in [7, 11) is 1.41. The molecule has 0 amide bonds. The average molecular weight is 590 g/mol. The number of carbonyl (C=O) groups is 3. The Balaban J connectivity index is 1.81. The maximum absolute atomic E-state index is 13.6. The van der Waals surface area contributed by atoms with Crippen molar-refractivity contribution in [1.29, 1.82) is 0 Å². The smallest absolute Gasteiger partial charge is 0.310 e. The van der Waals surface area contributed by atoms with E-state index in [9.17, 15) is 14.4 Å². The Morgan fingerprint density at radius 1 is 0.884 bits per heavy atom. The highest BCUT2D eigenvalue weighted by atomic mass is 16.6. The molecule has 43 heavy (non-hydrogen) atoms. The van der Waals surface area contributed by atoms with Gasteiger partial charge in [0.05, 0.1) is 13.0 Å². The number of ether oxygens (including phenoxy) is 4. The molecule has 1 aromatic heterocycles. The van der Waals surface area contributed by atoms with Crippen LogP contribution in [0.5, 0.6) is 17.2 Å². The molecule has 0 N–H and O–H groups in total. The molecule has 3 atom stereocenters. The number of hydrogen-bond donors (Lipinski definition) is 0. The van der Waals surface area contributed by atoms with Crippen LogP contribution in [0.15, 0.2) is 66.9 Å². The molecule has 1 heterocycles. The topological polar surface area (TPSA) is 101 Å².